The average Bonchev–Trinajstić information content (AvgIpc) is 3.73. The fraction of sp³-hybridized carbons (Fsp3) is 0. The van der Waals surface area contributed by atoms with Gasteiger partial charge in [0.05, 0.1) is 10.2 Å². The van der Waals surface area contributed by atoms with Crippen LogP contribution in [0, 0.1) is 0 Å². The van der Waals surface area contributed by atoms with Crippen LogP contribution in [0.4, 0.5) is 0 Å². The summed E-state index contributed by atoms with van der Waals surface area (Å²) in [6.45, 7) is 0. The normalized spacial score (nSPS) is 11.5. The third kappa shape index (κ3) is 5.99. The Bertz CT molecular complexity index is 3220. The molecule has 0 saturated carbocycles. The summed E-state index contributed by atoms with van der Waals surface area (Å²) in [4.78, 5) is 4.92. The zero-order valence-electron chi connectivity index (χ0n) is 31.1. The minimum atomic E-state index is 1.05. The van der Waals surface area contributed by atoms with E-state index in [1.54, 1.807) is 11.3 Å². The minimum Gasteiger partial charge on any atom is -0.236 e. The Morgan fingerprint density at radius 3 is 1.32 bits per heavy atom. The van der Waals surface area contributed by atoms with E-state index in [2.05, 4.69) is 212 Å². The predicted octanol–water partition coefficient (Wildman–Crippen LogP) is 15.8. The zero-order valence-corrected chi connectivity index (χ0v) is 31.9. The Hall–Kier alpha value is -7.13. The van der Waals surface area contributed by atoms with E-state index in [9.17, 15) is 0 Å². The van der Waals surface area contributed by atoms with Crippen LogP contribution < -0.4 is 0 Å². The molecule has 0 spiro atoms. The fourth-order valence-corrected chi connectivity index (χ4v) is 9.42. The molecule has 0 unspecified atom stereocenters. The molecule has 0 aliphatic rings. The standard InChI is InChI=1S/C55H35NS/c1-3-11-36(12-4-1)38-19-23-40(24-20-38)53-47-15-7-8-16-48(47)54(41-25-21-39(22-26-41)37-13-5-2-6-14-37)50-35-45(31-32-49(50)53)43-27-28-44-34-46(30-29-42(44)33-43)55-56-51-17-9-10-18-52(51)57-55/h1-35H. The Morgan fingerprint density at radius 2 is 0.702 bits per heavy atom. The summed E-state index contributed by atoms with van der Waals surface area (Å²) in [5, 5.41) is 8.47. The van der Waals surface area contributed by atoms with E-state index in [0.717, 1.165) is 16.1 Å². The molecule has 1 heterocycles. The van der Waals surface area contributed by atoms with Gasteiger partial charge in [0.2, 0.25) is 0 Å². The van der Waals surface area contributed by atoms with Gasteiger partial charge in [-0.1, -0.05) is 182 Å². The van der Waals surface area contributed by atoms with E-state index >= 15 is 0 Å². The van der Waals surface area contributed by atoms with Gasteiger partial charge in [0.25, 0.3) is 0 Å². The van der Waals surface area contributed by atoms with Crippen molar-refractivity contribution in [1.29, 1.82) is 0 Å². The van der Waals surface area contributed by atoms with Crippen molar-refractivity contribution in [2.75, 3.05) is 0 Å². The number of nitrogens with zero attached hydrogens (tertiary/aromatic N) is 1. The predicted molar refractivity (Wildman–Crippen MR) is 245 cm³/mol. The van der Waals surface area contributed by atoms with E-state index in [1.165, 1.54) is 92.7 Å². The molecule has 1 aromatic heterocycles. The van der Waals surface area contributed by atoms with Crippen molar-refractivity contribution >= 4 is 53.9 Å². The first kappa shape index (κ1) is 33.2. The van der Waals surface area contributed by atoms with E-state index in [4.69, 9.17) is 4.98 Å². The molecule has 1 nitrogen and oxygen atoms in total. The summed E-state index contributed by atoms with van der Waals surface area (Å²) in [6.07, 6.45) is 0. The van der Waals surface area contributed by atoms with Crippen LogP contribution in [0.5, 0.6) is 0 Å². The van der Waals surface area contributed by atoms with Crippen LogP contribution in [0.1, 0.15) is 0 Å². The molecule has 10 aromatic carbocycles. The van der Waals surface area contributed by atoms with Crippen molar-refractivity contribution in [3.05, 3.63) is 212 Å². The summed E-state index contributed by atoms with van der Waals surface area (Å²) in [6, 6.07) is 77.4. The molecule has 11 aromatic rings. The summed E-state index contributed by atoms with van der Waals surface area (Å²) < 4.78 is 1.21. The van der Waals surface area contributed by atoms with Crippen molar-refractivity contribution < 1.29 is 0 Å². The lowest BCUT2D eigenvalue weighted by molar-refractivity contribution is 1.48. The second-order valence-corrected chi connectivity index (χ2v) is 15.7. The van der Waals surface area contributed by atoms with E-state index in [-0.39, 0.29) is 0 Å². The second-order valence-electron chi connectivity index (χ2n) is 14.7. The molecule has 57 heavy (non-hydrogen) atoms. The van der Waals surface area contributed by atoms with Crippen LogP contribution in [0.2, 0.25) is 0 Å². The summed E-state index contributed by atoms with van der Waals surface area (Å²) in [5.74, 6) is 0. The lowest BCUT2D eigenvalue weighted by Crippen LogP contribution is -1.92. The van der Waals surface area contributed by atoms with Gasteiger partial charge in [-0.05, 0) is 118 Å². The molecule has 0 fully saturated rings. The molecule has 266 valence electrons. The number of fused-ring (bicyclic) bond motifs is 4. The highest BCUT2D eigenvalue weighted by molar-refractivity contribution is 7.21. The first-order valence-electron chi connectivity index (χ1n) is 19.4. The Balaban J connectivity index is 1.08. The fourth-order valence-electron chi connectivity index (χ4n) is 8.45. The summed E-state index contributed by atoms with van der Waals surface area (Å²) >= 11 is 1.75. The van der Waals surface area contributed by atoms with E-state index in [0.29, 0.717) is 0 Å². The number of aromatic nitrogens is 1. The lowest BCUT2D eigenvalue weighted by atomic mass is 9.84. The third-order valence-corrected chi connectivity index (χ3v) is 12.4. The highest BCUT2D eigenvalue weighted by atomic mass is 32.1. The molecular formula is C55H35NS. The average molecular weight is 742 g/mol. The van der Waals surface area contributed by atoms with Crippen LogP contribution in [0.15, 0.2) is 212 Å². The molecule has 0 radical (unpaired) electrons. The highest BCUT2D eigenvalue weighted by Gasteiger charge is 2.18. The number of hydrogen-bond acceptors (Lipinski definition) is 2. The lowest BCUT2D eigenvalue weighted by Gasteiger charge is -2.19. The first-order chi connectivity index (χ1) is 28.2. The molecule has 2 heteroatoms. The van der Waals surface area contributed by atoms with E-state index in [1.807, 2.05) is 0 Å². The monoisotopic (exact) mass is 741 g/mol. The van der Waals surface area contributed by atoms with Gasteiger partial charge in [-0.15, -0.1) is 11.3 Å². The smallest absolute Gasteiger partial charge is 0.124 e. The van der Waals surface area contributed by atoms with Crippen molar-refractivity contribution in [2.24, 2.45) is 0 Å². The van der Waals surface area contributed by atoms with Gasteiger partial charge in [0.1, 0.15) is 5.01 Å². The Kier molecular flexibility index (Phi) is 8.08. The summed E-state index contributed by atoms with van der Waals surface area (Å²) in [7, 11) is 0. The first-order valence-corrected chi connectivity index (χ1v) is 20.3. The zero-order chi connectivity index (χ0) is 37.7. The topological polar surface area (TPSA) is 12.9 Å². The number of benzene rings is 10. The molecule has 0 aliphatic carbocycles. The number of thiazole rings is 1. The molecular weight excluding hydrogens is 707 g/mol. The molecule has 0 amide bonds. The number of hydrogen-bond donors (Lipinski definition) is 0. The van der Waals surface area contributed by atoms with Gasteiger partial charge < -0.3 is 0 Å². The van der Waals surface area contributed by atoms with Crippen LogP contribution in [0.25, 0.3) is 109 Å². The summed E-state index contributed by atoms with van der Waals surface area (Å²) in [5.41, 5.74) is 14.4. The number of rotatable bonds is 6. The van der Waals surface area contributed by atoms with Crippen LogP contribution in [-0.2, 0) is 0 Å². The molecule has 0 N–H and O–H groups in total. The van der Waals surface area contributed by atoms with Crippen molar-refractivity contribution in [3.63, 3.8) is 0 Å². The van der Waals surface area contributed by atoms with Crippen molar-refractivity contribution in [1.82, 2.24) is 4.98 Å². The molecule has 11 rings (SSSR count). The van der Waals surface area contributed by atoms with Crippen LogP contribution >= 0.6 is 11.3 Å². The quantitative estimate of drug-likeness (QED) is 0.155. The van der Waals surface area contributed by atoms with Gasteiger partial charge in [-0.2, -0.15) is 0 Å². The molecule has 0 atom stereocenters. The van der Waals surface area contributed by atoms with Crippen LogP contribution in [0.3, 0.4) is 0 Å². The van der Waals surface area contributed by atoms with Gasteiger partial charge in [0, 0.05) is 5.56 Å². The minimum absolute atomic E-state index is 1.05. The molecule has 0 bridgehead atoms. The maximum absolute atomic E-state index is 4.92. The second kappa shape index (κ2) is 13.9. The van der Waals surface area contributed by atoms with Gasteiger partial charge in [-0.25, -0.2) is 4.98 Å². The molecule has 0 saturated heterocycles. The van der Waals surface area contributed by atoms with Gasteiger partial charge in [-0.3, -0.25) is 0 Å². The Labute approximate surface area is 335 Å². The number of para-hydroxylation sites is 1. The van der Waals surface area contributed by atoms with Crippen molar-refractivity contribution in [3.8, 4) is 66.2 Å². The third-order valence-electron chi connectivity index (χ3n) is 11.3. The van der Waals surface area contributed by atoms with Gasteiger partial charge in [0.15, 0.2) is 0 Å². The van der Waals surface area contributed by atoms with Crippen molar-refractivity contribution in [2.45, 2.75) is 0 Å². The van der Waals surface area contributed by atoms with Gasteiger partial charge >= 0.3 is 0 Å². The van der Waals surface area contributed by atoms with E-state index < -0.39 is 0 Å². The largest absolute Gasteiger partial charge is 0.236 e. The SMILES string of the molecule is c1ccc(-c2ccc(-c3c4ccccc4c(-c4ccc(-c5ccccc5)cc4)c4cc(-c5ccc6cc(-c7nc8ccccc8s7)ccc6c5)ccc34)cc2)cc1. The molecule has 0 aliphatic heterocycles. The highest BCUT2D eigenvalue weighted by Crippen LogP contribution is 2.45. The Morgan fingerprint density at radius 1 is 0.281 bits per heavy atom. The van der Waals surface area contributed by atoms with Crippen LogP contribution in [-0.4, -0.2) is 4.98 Å². The maximum atomic E-state index is 4.92. The maximum Gasteiger partial charge on any atom is 0.124 e.